The lowest BCUT2D eigenvalue weighted by molar-refractivity contribution is -0.769. The number of nitrogens with one attached hydrogen (secondary N) is 1. The first-order chi connectivity index (χ1) is 13.9. The summed E-state index contributed by atoms with van der Waals surface area (Å²) in [4.78, 5) is 43.8. The molecule has 13 nitrogen and oxygen atoms in total. The lowest BCUT2D eigenvalue weighted by atomic mass is 10.1. The Kier molecular flexibility index (Phi) is 5.10. The summed E-state index contributed by atoms with van der Waals surface area (Å²) in [6.45, 7) is 1.65. The van der Waals surface area contributed by atoms with Crippen molar-refractivity contribution in [2.75, 3.05) is 19.8 Å². The van der Waals surface area contributed by atoms with Gasteiger partial charge in [0.25, 0.3) is 10.6 Å². The molecule has 0 unspecified atom stereocenters. The van der Waals surface area contributed by atoms with Crippen molar-refractivity contribution in [1.82, 2.24) is 24.0 Å². The largest absolute Gasteiger partial charge is 0.371 e. The van der Waals surface area contributed by atoms with Crippen LogP contribution in [0.25, 0.3) is 11.2 Å². The Morgan fingerprint density at radius 1 is 1.28 bits per heavy atom. The maximum absolute atomic E-state index is 12.4. The zero-order valence-electron chi connectivity index (χ0n) is 16.0. The molecule has 0 bridgehead atoms. The zero-order valence-corrected chi connectivity index (χ0v) is 16.0. The molecule has 4 heterocycles. The number of aryl methyl sites for hydroxylation is 2. The van der Waals surface area contributed by atoms with E-state index in [4.69, 9.17) is 9.47 Å². The molecule has 0 spiro atoms. The van der Waals surface area contributed by atoms with Crippen LogP contribution in [0.3, 0.4) is 0 Å². The van der Waals surface area contributed by atoms with Crippen molar-refractivity contribution in [3.63, 3.8) is 0 Å². The van der Waals surface area contributed by atoms with Gasteiger partial charge >= 0.3 is 5.69 Å². The Hall–Kier alpha value is -2.77. The number of rotatable bonds is 7. The maximum Gasteiger partial charge on any atom is 0.332 e. The second kappa shape index (κ2) is 7.57. The van der Waals surface area contributed by atoms with Gasteiger partial charge in [-0.1, -0.05) is 0 Å². The van der Waals surface area contributed by atoms with Gasteiger partial charge in [-0.2, -0.15) is 0 Å². The number of ether oxygens (including phenoxy) is 2. The number of imidazole rings is 1. The third kappa shape index (κ3) is 3.41. The first-order valence-corrected chi connectivity index (χ1v) is 9.27. The van der Waals surface area contributed by atoms with Crippen molar-refractivity contribution in [1.29, 1.82) is 0 Å². The van der Waals surface area contributed by atoms with Gasteiger partial charge in [-0.05, 0) is 13.0 Å². The van der Waals surface area contributed by atoms with Crippen molar-refractivity contribution in [3.05, 3.63) is 37.3 Å². The third-order valence-corrected chi connectivity index (χ3v) is 5.43. The second-order valence-electron chi connectivity index (χ2n) is 7.19. The van der Waals surface area contributed by atoms with Crippen LogP contribution in [0.4, 0.5) is 0 Å². The maximum atomic E-state index is 12.4. The van der Waals surface area contributed by atoms with Crippen LogP contribution in [0.2, 0.25) is 0 Å². The van der Waals surface area contributed by atoms with Crippen LogP contribution in [0, 0.1) is 10.1 Å². The van der Waals surface area contributed by atoms with Gasteiger partial charge in [-0.25, -0.2) is 9.78 Å². The summed E-state index contributed by atoms with van der Waals surface area (Å²) in [5.74, 6) is 0. The Morgan fingerprint density at radius 2 is 2.03 bits per heavy atom. The molecule has 0 saturated carbocycles. The average molecular weight is 410 g/mol. The van der Waals surface area contributed by atoms with E-state index in [0.717, 1.165) is 4.57 Å². The molecule has 2 aromatic heterocycles. The molecule has 4 atom stereocenters. The molecule has 158 valence electrons. The molecule has 0 aliphatic carbocycles. The van der Waals surface area contributed by atoms with E-state index in [-0.39, 0.29) is 24.3 Å². The molecule has 0 amide bonds. The standard InChI is InChI=1S/C16H22N6O7/c1-19-14-11(15(23)20(2)16(19)24)21(8-18-14)5-3-4-17-9-6-27-13-10(29-22(25)26)7-28-12(9)13/h8-10,12-13,17H,3-7H2,1-2H3/t9-,10-,12+,13+/m0/s1. The molecular weight excluding hydrogens is 388 g/mol. The van der Waals surface area contributed by atoms with Crippen LogP contribution in [-0.2, 0) is 35.0 Å². The summed E-state index contributed by atoms with van der Waals surface area (Å²) in [5, 5.41) is 13.0. The van der Waals surface area contributed by atoms with Gasteiger partial charge in [0.2, 0.25) is 0 Å². The zero-order chi connectivity index (χ0) is 20.7. The molecule has 0 aromatic carbocycles. The lowest BCUT2D eigenvalue weighted by Gasteiger charge is -2.17. The quantitative estimate of drug-likeness (QED) is 0.316. The molecule has 4 rings (SSSR count). The molecule has 2 aromatic rings. The summed E-state index contributed by atoms with van der Waals surface area (Å²) >= 11 is 0. The highest BCUT2D eigenvalue weighted by molar-refractivity contribution is 5.69. The van der Waals surface area contributed by atoms with Crippen molar-refractivity contribution in [3.8, 4) is 0 Å². The Labute approximate surface area is 163 Å². The normalized spacial score (nSPS) is 26.1. The summed E-state index contributed by atoms with van der Waals surface area (Å²) in [6.07, 6.45) is 0.789. The molecule has 29 heavy (non-hydrogen) atoms. The second-order valence-corrected chi connectivity index (χ2v) is 7.19. The fourth-order valence-corrected chi connectivity index (χ4v) is 3.94. The minimum atomic E-state index is -0.823. The van der Waals surface area contributed by atoms with E-state index in [2.05, 4.69) is 15.1 Å². The van der Waals surface area contributed by atoms with Crippen molar-refractivity contribution in [2.45, 2.75) is 37.3 Å². The monoisotopic (exact) mass is 410 g/mol. The van der Waals surface area contributed by atoms with E-state index in [0.29, 0.717) is 37.3 Å². The Morgan fingerprint density at radius 3 is 2.79 bits per heavy atom. The van der Waals surface area contributed by atoms with Gasteiger partial charge in [-0.3, -0.25) is 13.9 Å². The van der Waals surface area contributed by atoms with E-state index in [1.807, 2.05) is 0 Å². The van der Waals surface area contributed by atoms with Crippen molar-refractivity contribution < 1.29 is 19.4 Å². The first kappa shape index (κ1) is 19.5. The van der Waals surface area contributed by atoms with Crippen LogP contribution in [0.15, 0.2) is 15.9 Å². The van der Waals surface area contributed by atoms with Gasteiger partial charge in [-0.15, -0.1) is 10.1 Å². The third-order valence-electron chi connectivity index (χ3n) is 5.43. The Bertz CT molecular complexity index is 1040. The number of hydrogen-bond donors (Lipinski definition) is 1. The molecule has 13 heteroatoms. The van der Waals surface area contributed by atoms with E-state index in [1.54, 1.807) is 17.9 Å². The minimum absolute atomic E-state index is 0.0893. The highest BCUT2D eigenvalue weighted by Gasteiger charge is 2.49. The van der Waals surface area contributed by atoms with Crippen LogP contribution < -0.4 is 16.6 Å². The average Bonchev–Trinajstić information content (AvgIpc) is 3.38. The fourth-order valence-electron chi connectivity index (χ4n) is 3.94. The van der Waals surface area contributed by atoms with Crippen molar-refractivity contribution >= 4 is 11.2 Å². The molecule has 2 aliphatic rings. The molecule has 2 aliphatic heterocycles. The fraction of sp³-hybridized carbons (Fsp3) is 0.688. The van der Waals surface area contributed by atoms with Gasteiger partial charge in [0.05, 0.1) is 25.6 Å². The number of fused-ring (bicyclic) bond motifs is 2. The highest BCUT2D eigenvalue weighted by atomic mass is 17.0. The summed E-state index contributed by atoms with van der Waals surface area (Å²) in [6, 6.07) is -0.0893. The number of aromatic nitrogens is 4. The molecular formula is C16H22N6O7. The lowest BCUT2D eigenvalue weighted by Crippen LogP contribution is -2.42. The SMILES string of the molecule is Cn1c(=O)c2c(ncn2CCCN[C@H]2CO[C@H]3[C@@H]2OC[C@@H]3O[N+](=O)[O-])n(C)c1=O. The van der Waals surface area contributed by atoms with E-state index < -0.39 is 23.0 Å². The minimum Gasteiger partial charge on any atom is -0.371 e. The predicted octanol–water partition coefficient (Wildman–Crippen LogP) is -1.84. The molecule has 2 fully saturated rings. The molecule has 1 N–H and O–H groups in total. The predicted molar refractivity (Wildman–Crippen MR) is 98.0 cm³/mol. The molecule has 0 radical (unpaired) electrons. The van der Waals surface area contributed by atoms with Gasteiger partial charge < -0.3 is 24.2 Å². The van der Waals surface area contributed by atoms with Crippen LogP contribution in [0.1, 0.15) is 6.42 Å². The van der Waals surface area contributed by atoms with E-state index in [9.17, 15) is 19.7 Å². The summed E-state index contributed by atoms with van der Waals surface area (Å²) in [5.41, 5.74) is -0.0510. The van der Waals surface area contributed by atoms with E-state index in [1.165, 1.54) is 11.6 Å². The summed E-state index contributed by atoms with van der Waals surface area (Å²) in [7, 11) is 3.02. The highest BCUT2D eigenvalue weighted by Crippen LogP contribution is 2.28. The summed E-state index contributed by atoms with van der Waals surface area (Å²) < 4.78 is 15.4. The van der Waals surface area contributed by atoms with Gasteiger partial charge in [0.15, 0.2) is 17.3 Å². The van der Waals surface area contributed by atoms with Crippen molar-refractivity contribution in [2.24, 2.45) is 14.1 Å². The Balaban J connectivity index is 1.35. The van der Waals surface area contributed by atoms with Crippen LogP contribution in [0.5, 0.6) is 0 Å². The first-order valence-electron chi connectivity index (χ1n) is 9.27. The van der Waals surface area contributed by atoms with Crippen LogP contribution >= 0.6 is 0 Å². The number of hydrogen-bond acceptors (Lipinski definition) is 9. The topological polar surface area (TPSA) is 145 Å². The van der Waals surface area contributed by atoms with Gasteiger partial charge in [0.1, 0.15) is 12.2 Å². The van der Waals surface area contributed by atoms with E-state index >= 15 is 0 Å². The number of nitrogens with zero attached hydrogens (tertiary/aromatic N) is 5. The van der Waals surface area contributed by atoms with Gasteiger partial charge in [0, 0.05) is 20.6 Å². The van der Waals surface area contributed by atoms with Crippen LogP contribution in [-0.4, -0.2) is 67.9 Å². The molecule has 2 saturated heterocycles. The smallest absolute Gasteiger partial charge is 0.332 e.